The lowest BCUT2D eigenvalue weighted by molar-refractivity contribution is -0.152. The summed E-state index contributed by atoms with van der Waals surface area (Å²) in [4.78, 5) is 41.8. The molecule has 0 saturated carbocycles. The second-order valence-corrected chi connectivity index (χ2v) is 4.39. The van der Waals surface area contributed by atoms with Gasteiger partial charge in [-0.15, -0.1) is 0 Å². The van der Waals surface area contributed by atoms with E-state index in [0.717, 1.165) is 5.52 Å². The highest BCUT2D eigenvalue weighted by molar-refractivity contribution is 6.12. The van der Waals surface area contributed by atoms with E-state index >= 15 is 0 Å². The van der Waals surface area contributed by atoms with Gasteiger partial charge in [0.1, 0.15) is 18.2 Å². The number of esters is 1. The number of benzene rings is 1. The third kappa shape index (κ3) is 2.97. The first-order valence-electron chi connectivity index (χ1n) is 6.44. The van der Waals surface area contributed by atoms with Crippen molar-refractivity contribution in [3.05, 3.63) is 30.1 Å². The molecule has 2 aromatic rings. The maximum atomic E-state index is 12.2. The third-order valence-electron chi connectivity index (χ3n) is 2.99. The first-order chi connectivity index (χ1) is 10.1. The number of para-hydroxylation sites is 2. The molecule has 0 aliphatic heterocycles. The number of H-pyrrole nitrogens is 1. The molecule has 0 bridgehead atoms. The zero-order valence-electron chi connectivity index (χ0n) is 11.4. The second kappa shape index (κ2) is 6.27. The van der Waals surface area contributed by atoms with Crippen LogP contribution in [0.4, 0.5) is 0 Å². The lowest BCUT2D eigenvalue weighted by Crippen LogP contribution is -2.35. The molecule has 2 unspecified atom stereocenters. The van der Waals surface area contributed by atoms with Gasteiger partial charge in [0.25, 0.3) is 0 Å². The fraction of sp³-hybridized carbons (Fsp3) is 0.286. The van der Waals surface area contributed by atoms with Gasteiger partial charge in [-0.1, -0.05) is 12.1 Å². The Hall–Kier alpha value is -2.54. The summed E-state index contributed by atoms with van der Waals surface area (Å²) in [6.07, 6.45) is 0.239. The molecule has 2 rings (SSSR count). The number of Topliss-reactive ketones (excluding diaryl/α,β-unsaturated/α-hetero) is 1. The molecule has 0 fully saturated rings. The van der Waals surface area contributed by atoms with Gasteiger partial charge in [0.05, 0.1) is 17.6 Å². The molecular weight excluding hydrogens is 274 g/mol. The maximum Gasteiger partial charge on any atom is 0.323 e. The summed E-state index contributed by atoms with van der Waals surface area (Å²) >= 11 is 0. The van der Waals surface area contributed by atoms with Crippen LogP contribution < -0.4 is 5.73 Å². The SMILES string of the molecule is CCOC(=O)C(C=O)C(=O)C(N)c1nc2ccccc2[nH]1. The highest BCUT2D eigenvalue weighted by Crippen LogP contribution is 2.17. The summed E-state index contributed by atoms with van der Waals surface area (Å²) in [5.74, 6) is -2.97. The summed E-state index contributed by atoms with van der Waals surface area (Å²) < 4.78 is 4.68. The lowest BCUT2D eigenvalue weighted by atomic mass is 9.99. The summed E-state index contributed by atoms with van der Waals surface area (Å²) in [5.41, 5.74) is 7.17. The van der Waals surface area contributed by atoms with Crippen molar-refractivity contribution < 1.29 is 19.1 Å². The number of ether oxygens (including phenoxy) is 1. The van der Waals surface area contributed by atoms with Gasteiger partial charge in [0, 0.05) is 0 Å². The summed E-state index contributed by atoms with van der Waals surface area (Å²) in [6, 6.07) is 5.95. The van der Waals surface area contributed by atoms with Gasteiger partial charge in [-0.3, -0.25) is 9.59 Å². The molecule has 1 heterocycles. The third-order valence-corrected chi connectivity index (χ3v) is 2.99. The number of carbonyl (C=O) groups is 3. The molecule has 0 aliphatic carbocycles. The Kier molecular flexibility index (Phi) is 4.44. The second-order valence-electron chi connectivity index (χ2n) is 4.39. The molecule has 0 amide bonds. The van der Waals surface area contributed by atoms with E-state index in [4.69, 9.17) is 5.73 Å². The molecule has 7 heteroatoms. The number of hydrogen-bond donors (Lipinski definition) is 2. The van der Waals surface area contributed by atoms with E-state index < -0.39 is 23.7 Å². The molecule has 2 atom stereocenters. The van der Waals surface area contributed by atoms with Gasteiger partial charge in [0.15, 0.2) is 11.7 Å². The quantitative estimate of drug-likeness (QED) is 0.455. The fourth-order valence-corrected chi connectivity index (χ4v) is 1.92. The van der Waals surface area contributed by atoms with Crippen LogP contribution in [0.5, 0.6) is 0 Å². The average Bonchev–Trinajstić information content (AvgIpc) is 2.91. The van der Waals surface area contributed by atoms with E-state index in [9.17, 15) is 14.4 Å². The van der Waals surface area contributed by atoms with Crippen molar-refractivity contribution in [3.63, 3.8) is 0 Å². The van der Waals surface area contributed by atoms with Gasteiger partial charge < -0.3 is 20.2 Å². The smallest absolute Gasteiger partial charge is 0.323 e. The number of rotatable bonds is 6. The van der Waals surface area contributed by atoms with Crippen LogP contribution in [0.3, 0.4) is 0 Å². The van der Waals surface area contributed by atoms with Crippen LogP contribution >= 0.6 is 0 Å². The molecule has 110 valence electrons. The minimum atomic E-state index is -1.53. The zero-order chi connectivity index (χ0) is 15.4. The van der Waals surface area contributed by atoms with Crippen LogP contribution in [0.15, 0.2) is 24.3 Å². The molecule has 1 aromatic heterocycles. The van der Waals surface area contributed by atoms with E-state index in [1.807, 2.05) is 6.07 Å². The van der Waals surface area contributed by atoms with E-state index in [-0.39, 0.29) is 18.7 Å². The fourth-order valence-electron chi connectivity index (χ4n) is 1.92. The highest BCUT2D eigenvalue weighted by Gasteiger charge is 2.33. The van der Waals surface area contributed by atoms with Crippen LogP contribution in [-0.4, -0.2) is 34.6 Å². The average molecular weight is 289 g/mol. The topological polar surface area (TPSA) is 115 Å². The number of fused-ring (bicyclic) bond motifs is 1. The van der Waals surface area contributed by atoms with Gasteiger partial charge in [-0.25, -0.2) is 4.98 Å². The minimum Gasteiger partial charge on any atom is -0.465 e. The van der Waals surface area contributed by atoms with Crippen molar-refractivity contribution in [1.82, 2.24) is 9.97 Å². The Morgan fingerprint density at radius 3 is 2.76 bits per heavy atom. The summed E-state index contributed by atoms with van der Waals surface area (Å²) in [6.45, 7) is 1.67. The number of ketones is 1. The monoisotopic (exact) mass is 289 g/mol. The van der Waals surface area contributed by atoms with E-state index in [1.165, 1.54) is 0 Å². The number of hydrogen-bond acceptors (Lipinski definition) is 6. The molecule has 21 heavy (non-hydrogen) atoms. The summed E-state index contributed by atoms with van der Waals surface area (Å²) in [7, 11) is 0. The van der Waals surface area contributed by atoms with Crippen molar-refractivity contribution in [3.8, 4) is 0 Å². The number of aldehydes is 1. The predicted molar refractivity (Wildman–Crippen MR) is 74.2 cm³/mol. The molecule has 0 radical (unpaired) electrons. The van der Waals surface area contributed by atoms with Crippen molar-refractivity contribution in [1.29, 1.82) is 0 Å². The van der Waals surface area contributed by atoms with Crippen molar-refractivity contribution in [2.45, 2.75) is 13.0 Å². The molecule has 0 aliphatic rings. The van der Waals surface area contributed by atoms with Gasteiger partial charge >= 0.3 is 5.97 Å². The molecule has 0 spiro atoms. The van der Waals surface area contributed by atoms with Crippen LogP contribution in [0, 0.1) is 5.92 Å². The number of carbonyl (C=O) groups excluding carboxylic acids is 3. The Labute approximate surface area is 120 Å². The minimum absolute atomic E-state index is 0.0797. The van der Waals surface area contributed by atoms with Crippen molar-refractivity contribution in [2.75, 3.05) is 6.61 Å². The maximum absolute atomic E-state index is 12.2. The van der Waals surface area contributed by atoms with Crippen LogP contribution in [-0.2, 0) is 19.1 Å². The first-order valence-corrected chi connectivity index (χ1v) is 6.44. The Bertz CT molecular complexity index is 647. The van der Waals surface area contributed by atoms with E-state index in [2.05, 4.69) is 14.7 Å². The van der Waals surface area contributed by atoms with Crippen LogP contribution in [0.1, 0.15) is 18.8 Å². The molecule has 1 aromatic carbocycles. The molecular formula is C14H15N3O4. The standard InChI is InChI=1S/C14H15N3O4/c1-2-21-14(20)8(7-18)12(19)11(15)13-16-9-5-3-4-6-10(9)17-13/h3-8,11H,2,15H2,1H3,(H,16,17). The van der Waals surface area contributed by atoms with Gasteiger partial charge in [0.2, 0.25) is 0 Å². The molecule has 7 nitrogen and oxygen atoms in total. The number of nitrogens with zero attached hydrogens (tertiary/aromatic N) is 1. The van der Waals surface area contributed by atoms with Gasteiger partial charge in [-0.2, -0.15) is 0 Å². The Morgan fingerprint density at radius 1 is 1.43 bits per heavy atom. The predicted octanol–water partition coefficient (Wildman–Crippen LogP) is 0.510. The number of imidazole rings is 1. The Morgan fingerprint density at radius 2 is 2.14 bits per heavy atom. The van der Waals surface area contributed by atoms with Crippen LogP contribution in [0.2, 0.25) is 0 Å². The lowest BCUT2D eigenvalue weighted by Gasteiger charge is -2.12. The van der Waals surface area contributed by atoms with Crippen molar-refractivity contribution >= 4 is 29.1 Å². The largest absolute Gasteiger partial charge is 0.465 e. The van der Waals surface area contributed by atoms with Crippen molar-refractivity contribution in [2.24, 2.45) is 11.7 Å². The highest BCUT2D eigenvalue weighted by atomic mass is 16.5. The van der Waals surface area contributed by atoms with E-state index in [1.54, 1.807) is 25.1 Å². The number of nitrogens with two attached hydrogens (primary N) is 1. The Balaban J connectivity index is 2.24. The normalized spacial score (nSPS) is 13.6. The first kappa shape index (κ1) is 14.9. The van der Waals surface area contributed by atoms with E-state index in [0.29, 0.717) is 5.52 Å². The van der Waals surface area contributed by atoms with Crippen LogP contribution in [0.25, 0.3) is 11.0 Å². The number of nitrogens with one attached hydrogen (secondary N) is 1. The molecule has 3 N–H and O–H groups in total. The number of aromatic nitrogens is 2. The van der Waals surface area contributed by atoms with Gasteiger partial charge in [-0.05, 0) is 19.1 Å². The summed E-state index contributed by atoms with van der Waals surface area (Å²) in [5, 5.41) is 0. The number of aromatic amines is 1. The molecule has 0 saturated heterocycles. The zero-order valence-corrected chi connectivity index (χ0v) is 11.4.